The number of nitrogens with zero attached hydrogens (tertiary/aromatic N) is 7. The van der Waals surface area contributed by atoms with Crippen molar-refractivity contribution < 1.29 is 9.80 Å². The van der Waals surface area contributed by atoms with E-state index in [9.17, 15) is 10.4 Å². The van der Waals surface area contributed by atoms with Gasteiger partial charge >= 0.3 is 16.5 Å². The zero-order valence-corrected chi connectivity index (χ0v) is 7.52. The fraction of sp³-hybridized carbons (Fsp3) is 0.600. The summed E-state index contributed by atoms with van der Waals surface area (Å²) in [6.07, 6.45) is 0. The molecule has 0 spiro atoms. The summed E-state index contributed by atoms with van der Waals surface area (Å²) in [5.41, 5.74) is -0.0792. The number of aromatic nitrogens is 7. The Labute approximate surface area is 77.7 Å². The highest BCUT2D eigenvalue weighted by Gasteiger charge is 2.20. The highest BCUT2D eigenvalue weighted by atomic mass is 16.6. The molecule has 0 fully saturated rings. The van der Waals surface area contributed by atoms with E-state index in [-0.39, 0.29) is 27.1 Å². The molecule has 0 atom stereocenters. The summed E-state index contributed by atoms with van der Waals surface area (Å²) in [5.74, 6) is 0. The lowest BCUT2D eigenvalue weighted by Crippen LogP contribution is -2.50. The van der Waals surface area contributed by atoms with E-state index >= 15 is 0 Å². The maximum Gasteiger partial charge on any atom is 0.417 e. The SMILES string of the molecule is CC(C)n1nc2n[n+]([O-])n[n+]([O-])c2n1. The molecule has 0 radical (unpaired) electrons. The molecule has 0 aromatic carbocycles. The van der Waals surface area contributed by atoms with Crippen molar-refractivity contribution in [1.82, 2.24) is 25.3 Å². The molecule has 0 bridgehead atoms. The smallest absolute Gasteiger partial charge is 0.417 e. The standard InChI is InChI=1S/C5H7N7O2/c1-3(2)10-6-4-5(8-10)11(13)9-12(14)7-4/h3H,1-2H3. The molecule has 0 amide bonds. The topological polar surface area (TPSA) is 110 Å². The van der Waals surface area contributed by atoms with E-state index in [2.05, 4.69) is 20.5 Å². The first kappa shape index (κ1) is 8.53. The van der Waals surface area contributed by atoms with Gasteiger partial charge in [0.2, 0.25) is 0 Å². The molecule has 0 aliphatic rings. The Morgan fingerprint density at radius 1 is 1.29 bits per heavy atom. The van der Waals surface area contributed by atoms with Crippen molar-refractivity contribution >= 4 is 11.3 Å². The van der Waals surface area contributed by atoms with Crippen LogP contribution >= 0.6 is 0 Å². The number of rotatable bonds is 1. The Hall–Kier alpha value is -2.06. The van der Waals surface area contributed by atoms with Gasteiger partial charge in [0.1, 0.15) is 4.96 Å². The van der Waals surface area contributed by atoms with Crippen LogP contribution in [0.3, 0.4) is 0 Å². The van der Waals surface area contributed by atoms with Crippen molar-refractivity contribution in [2.75, 3.05) is 0 Å². The van der Waals surface area contributed by atoms with Crippen LogP contribution in [0.5, 0.6) is 0 Å². The summed E-state index contributed by atoms with van der Waals surface area (Å²) in [5, 5.41) is 35.8. The molecule has 2 aromatic heterocycles. The maximum atomic E-state index is 11.1. The first-order valence-corrected chi connectivity index (χ1v) is 3.92. The second kappa shape index (κ2) is 2.72. The van der Waals surface area contributed by atoms with Crippen LogP contribution in [-0.4, -0.2) is 25.3 Å². The normalized spacial score (nSPS) is 11.4. The van der Waals surface area contributed by atoms with Crippen LogP contribution in [0.2, 0.25) is 0 Å². The predicted molar refractivity (Wildman–Crippen MR) is 41.4 cm³/mol. The summed E-state index contributed by atoms with van der Waals surface area (Å²) in [7, 11) is 0. The van der Waals surface area contributed by atoms with Gasteiger partial charge in [-0.2, -0.15) is 4.80 Å². The van der Waals surface area contributed by atoms with Gasteiger partial charge < -0.3 is 10.4 Å². The quantitative estimate of drug-likeness (QED) is 0.388. The minimum absolute atomic E-state index is 0.00991. The zero-order valence-electron chi connectivity index (χ0n) is 7.52. The lowest BCUT2D eigenvalue weighted by Gasteiger charge is -1.98. The van der Waals surface area contributed by atoms with Crippen LogP contribution in [0.25, 0.3) is 11.3 Å². The van der Waals surface area contributed by atoms with Crippen LogP contribution < -0.4 is 9.80 Å². The summed E-state index contributed by atoms with van der Waals surface area (Å²) < 4.78 is 0. The predicted octanol–water partition coefficient (Wildman–Crippen LogP) is -1.93. The number of fused-ring (bicyclic) bond motifs is 1. The van der Waals surface area contributed by atoms with Crippen LogP contribution in [0.1, 0.15) is 19.9 Å². The van der Waals surface area contributed by atoms with Crippen molar-refractivity contribution in [2.45, 2.75) is 19.9 Å². The molecule has 0 unspecified atom stereocenters. The zero-order chi connectivity index (χ0) is 10.3. The molecule has 0 saturated carbocycles. The van der Waals surface area contributed by atoms with Gasteiger partial charge in [-0.3, -0.25) is 0 Å². The van der Waals surface area contributed by atoms with Crippen LogP contribution in [-0.2, 0) is 0 Å². The average molecular weight is 197 g/mol. The third-order valence-corrected chi connectivity index (χ3v) is 1.58. The van der Waals surface area contributed by atoms with Crippen LogP contribution in [0.15, 0.2) is 0 Å². The minimum Gasteiger partial charge on any atom is -0.588 e. The summed E-state index contributed by atoms with van der Waals surface area (Å²) >= 11 is 0. The van der Waals surface area contributed by atoms with Crippen molar-refractivity contribution in [1.29, 1.82) is 0 Å². The third kappa shape index (κ3) is 1.18. The molecule has 2 aromatic rings. The molecular weight excluding hydrogens is 190 g/mol. The van der Waals surface area contributed by atoms with Crippen LogP contribution in [0, 0.1) is 10.4 Å². The Bertz CT molecular complexity index is 478. The Morgan fingerprint density at radius 3 is 2.64 bits per heavy atom. The molecule has 0 N–H and O–H groups in total. The second-order valence-electron chi connectivity index (χ2n) is 2.98. The van der Waals surface area contributed by atoms with E-state index in [4.69, 9.17) is 0 Å². The fourth-order valence-electron chi connectivity index (χ4n) is 0.938. The monoisotopic (exact) mass is 197 g/mol. The van der Waals surface area contributed by atoms with Crippen molar-refractivity contribution in [3.63, 3.8) is 0 Å². The molecule has 0 aliphatic heterocycles. The highest BCUT2D eigenvalue weighted by molar-refractivity contribution is 5.57. The second-order valence-corrected chi connectivity index (χ2v) is 2.98. The Balaban J connectivity index is 2.70. The lowest BCUT2D eigenvalue weighted by molar-refractivity contribution is -0.864. The van der Waals surface area contributed by atoms with Gasteiger partial charge in [0, 0.05) is 4.85 Å². The number of hydrogen-bond donors (Lipinski definition) is 0. The molecule has 9 heteroatoms. The van der Waals surface area contributed by atoms with Gasteiger partial charge in [0.15, 0.2) is 0 Å². The summed E-state index contributed by atoms with van der Waals surface area (Å²) in [6.45, 7) is 3.68. The van der Waals surface area contributed by atoms with E-state index in [1.54, 1.807) is 0 Å². The molecule has 2 heterocycles. The summed E-state index contributed by atoms with van der Waals surface area (Å²) in [4.78, 5) is 1.31. The first-order valence-electron chi connectivity index (χ1n) is 3.92. The van der Waals surface area contributed by atoms with E-state index < -0.39 is 0 Å². The largest absolute Gasteiger partial charge is 0.588 e. The van der Waals surface area contributed by atoms with Gasteiger partial charge in [0.25, 0.3) is 0 Å². The van der Waals surface area contributed by atoms with Crippen LogP contribution in [0.4, 0.5) is 0 Å². The molecule has 0 aliphatic carbocycles. The molecule has 2 rings (SSSR count). The van der Waals surface area contributed by atoms with Gasteiger partial charge in [-0.25, -0.2) is 0 Å². The first-order chi connectivity index (χ1) is 6.58. The van der Waals surface area contributed by atoms with E-state index in [0.29, 0.717) is 0 Å². The Morgan fingerprint density at radius 2 is 2.00 bits per heavy atom. The van der Waals surface area contributed by atoms with Gasteiger partial charge in [0.05, 0.1) is 11.1 Å². The minimum atomic E-state index is -0.0886. The molecule has 74 valence electrons. The van der Waals surface area contributed by atoms with Gasteiger partial charge in [-0.15, -0.1) is 5.10 Å². The van der Waals surface area contributed by atoms with Crippen molar-refractivity contribution in [3.8, 4) is 0 Å². The average Bonchev–Trinajstić information content (AvgIpc) is 2.47. The van der Waals surface area contributed by atoms with Gasteiger partial charge in [-0.1, -0.05) is 5.10 Å². The van der Waals surface area contributed by atoms with Crippen molar-refractivity contribution in [3.05, 3.63) is 10.4 Å². The fourth-order valence-corrected chi connectivity index (χ4v) is 0.938. The highest BCUT2D eigenvalue weighted by Crippen LogP contribution is 2.02. The molecule has 0 saturated heterocycles. The van der Waals surface area contributed by atoms with E-state index in [1.165, 1.54) is 4.80 Å². The number of hydrogen-bond acceptors (Lipinski definition) is 6. The molecule has 9 nitrogen and oxygen atoms in total. The Kier molecular flexibility index (Phi) is 1.66. The van der Waals surface area contributed by atoms with Gasteiger partial charge in [-0.05, 0) is 13.8 Å². The molecule has 14 heavy (non-hydrogen) atoms. The maximum absolute atomic E-state index is 11.1. The molecular formula is C5H7N7O2. The third-order valence-electron chi connectivity index (χ3n) is 1.58. The summed E-state index contributed by atoms with van der Waals surface area (Å²) in [6, 6.07) is -0.00991. The lowest BCUT2D eigenvalue weighted by atomic mass is 10.4. The van der Waals surface area contributed by atoms with Crippen molar-refractivity contribution in [2.24, 2.45) is 0 Å². The van der Waals surface area contributed by atoms with E-state index in [0.717, 1.165) is 0 Å². The van der Waals surface area contributed by atoms with E-state index in [1.807, 2.05) is 13.8 Å².